The van der Waals surface area contributed by atoms with Crippen LogP contribution in [0.3, 0.4) is 0 Å². The molecule has 0 N–H and O–H groups in total. The van der Waals surface area contributed by atoms with Crippen LogP contribution in [-0.2, 0) is 0 Å². The van der Waals surface area contributed by atoms with Crippen LogP contribution in [0.25, 0.3) is 11.1 Å². The maximum absolute atomic E-state index is 6.16. The molecule has 2 aromatic carbocycles. The van der Waals surface area contributed by atoms with Crippen LogP contribution in [0.2, 0.25) is 0 Å². The van der Waals surface area contributed by atoms with Gasteiger partial charge in [-0.15, -0.1) is 0 Å². The molecule has 0 aliphatic rings. The highest BCUT2D eigenvalue weighted by Crippen LogP contribution is 2.28. The molecule has 0 unspecified atom stereocenters. The van der Waals surface area contributed by atoms with E-state index in [-0.39, 0.29) is 0 Å². The summed E-state index contributed by atoms with van der Waals surface area (Å²) in [5.74, 6) is 0.977. The first-order valence-electron chi connectivity index (χ1n) is 9.10. The molecule has 24 heavy (non-hydrogen) atoms. The number of aryl methyl sites for hydroxylation is 1. The Morgan fingerprint density at radius 3 is 2.00 bits per heavy atom. The lowest BCUT2D eigenvalue weighted by atomic mass is 10.0. The molecule has 0 amide bonds. The average Bonchev–Trinajstić information content (AvgIpc) is 2.56. The van der Waals surface area contributed by atoms with Gasteiger partial charge < -0.3 is 9.64 Å². The molecule has 0 fully saturated rings. The van der Waals surface area contributed by atoms with Gasteiger partial charge in [0, 0.05) is 19.8 Å². The van der Waals surface area contributed by atoms with Crippen molar-refractivity contribution >= 4 is 5.69 Å². The fourth-order valence-corrected chi connectivity index (χ4v) is 3.10. The van der Waals surface area contributed by atoms with Gasteiger partial charge >= 0.3 is 0 Å². The maximum atomic E-state index is 6.16. The maximum Gasteiger partial charge on any atom is 0.119 e. The van der Waals surface area contributed by atoms with Crippen LogP contribution >= 0.6 is 0 Å². The smallest absolute Gasteiger partial charge is 0.119 e. The van der Waals surface area contributed by atoms with Crippen LogP contribution < -0.4 is 9.64 Å². The van der Waals surface area contributed by atoms with Gasteiger partial charge in [-0.3, -0.25) is 0 Å². The normalized spacial score (nSPS) is 10.9. The zero-order valence-electron chi connectivity index (χ0n) is 15.8. The zero-order valence-corrected chi connectivity index (χ0v) is 15.8. The molecule has 0 radical (unpaired) electrons. The Morgan fingerprint density at radius 1 is 0.875 bits per heavy atom. The minimum Gasteiger partial charge on any atom is -0.490 e. The van der Waals surface area contributed by atoms with Crippen LogP contribution in [-0.4, -0.2) is 20.2 Å². The van der Waals surface area contributed by atoms with E-state index in [0.717, 1.165) is 18.6 Å². The molecule has 0 aliphatic carbocycles. The lowest BCUT2D eigenvalue weighted by Crippen LogP contribution is -2.15. The Morgan fingerprint density at radius 2 is 1.46 bits per heavy atom. The van der Waals surface area contributed by atoms with Crippen molar-refractivity contribution in [1.29, 1.82) is 0 Å². The first-order valence-corrected chi connectivity index (χ1v) is 9.10. The van der Waals surface area contributed by atoms with Crippen molar-refractivity contribution in [3.05, 3.63) is 48.0 Å². The molecular formula is C22H31NO. The van der Waals surface area contributed by atoms with Crippen molar-refractivity contribution in [2.45, 2.75) is 52.6 Å². The lowest BCUT2D eigenvalue weighted by Gasteiger charge is -2.19. The molecule has 2 rings (SSSR count). The SMILES string of the molecule is CCCC(CCC)Oc1ccc(-c2ccc(C)c(N(C)C)c2)cc1. The molecule has 0 bridgehead atoms. The summed E-state index contributed by atoms with van der Waals surface area (Å²) in [4.78, 5) is 2.16. The number of hydrogen-bond acceptors (Lipinski definition) is 2. The number of ether oxygens (including phenoxy) is 1. The number of hydrogen-bond donors (Lipinski definition) is 0. The predicted octanol–water partition coefficient (Wildman–Crippen LogP) is 6.08. The number of anilines is 1. The van der Waals surface area contributed by atoms with Gasteiger partial charge in [0.05, 0.1) is 6.10 Å². The molecule has 130 valence electrons. The Bertz CT molecular complexity index is 625. The van der Waals surface area contributed by atoms with Crippen LogP contribution in [0, 0.1) is 6.92 Å². The Balaban J connectivity index is 2.15. The predicted molar refractivity (Wildman–Crippen MR) is 105 cm³/mol. The molecule has 0 heterocycles. The molecule has 0 atom stereocenters. The summed E-state index contributed by atoms with van der Waals surface area (Å²) in [5.41, 5.74) is 5.03. The van der Waals surface area contributed by atoms with Crippen molar-refractivity contribution in [1.82, 2.24) is 0 Å². The van der Waals surface area contributed by atoms with E-state index in [0.29, 0.717) is 6.10 Å². The second-order valence-electron chi connectivity index (χ2n) is 6.74. The summed E-state index contributed by atoms with van der Waals surface area (Å²) in [6, 6.07) is 15.2. The van der Waals surface area contributed by atoms with E-state index < -0.39 is 0 Å². The summed E-state index contributed by atoms with van der Waals surface area (Å²) in [6.45, 7) is 6.58. The van der Waals surface area contributed by atoms with Crippen molar-refractivity contribution in [3.63, 3.8) is 0 Å². The van der Waals surface area contributed by atoms with Crippen molar-refractivity contribution in [3.8, 4) is 16.9 Å². The molecular weight excluding hydrogens is 294 g/mol. The zero-order chi connectivity index (χ0) is 17.5. The van der Waals surface area contributed by atoms with Gasteiger partial charge in [0.1, 0.15) is 5.75 Å². The molecule has 2 aromatic rings. The van der Waals surface area contributed by atoms with Crippen LogP contribution in [0.15, 0.2) is 42.5 Å². The van der Waals surface area contributed by atoms with Gasteiger partial charge in [0.25, 0.3) is 0 Å². The molecule has 0 saturated heterocycles. The third-order valence-corrected chi connectivity index (χ3v) is 4.40. The van der Waals surface area contributed by atoms with Crippen molar-refractivity contribution < 1.29 is 4.74 Å². The summed E-state index contributed by atoms with van der Waals surface area (Å²) >= 11 is 0. The third kappa shape index (κ3) is 4.77. The first kappa shape index (κ1) is 18.4. The second kappa shape index (κ2) is 8.77. The van der Waals surface area contributed by atoms with E-state index in [1.54, 1.807) is 0 Å². The quantitative estimate of drug-likeness (QED) is 0.583. The van der Waals surface area contributed by atoms with E-state index in [9.17, 15) is 0 Å². The van der Waals surface area contributed by atoms with Gasteiger partial charge in [-0.05, 0) is 54.7 Å². The van der Waals surface area contributed by atoms with Gasteiger partial charge in [-0.25, -0.2) is 0 Å². The third-order valence-electron chi connectivity index (χ3n) is 4.40. The van der Waals surface area contributed by atoms with Gasteiger partial charge in [-0.2, -0.15) is 0 Å². The Hall–Kier alpha value is -1.96. The monoisotopic (exact) mass is 325 g/mol. The van der Waals surface area contributed by atoms with E-state index in [4.69, 9.17) is 4.74 Å². The standard InChI is InChI=1S/C22H31NO/c1-6-8-20(9-7-2)24-21-14-12-18(13-15-21)19-11-10-17(3)22(16-19)23(4)5/h10-16,20H,6-9H2,1-5H3. The second-order valence-corrected chi connectivity index (χ2v) is 6.74. The van der Waals surface area contributed by atoms with Crippen molar-refractivity contribution in [2.24, 2.45) is 0 Å². The first-order chi connectivity index (χ1) is 11.5. The summed E-state index contributed by atoms with van der Waals surface area (Å²) < 4.78 is 6.16. The highest BCUT2D eigenvalue weighted by atomic mass is 16.5. The Labute approximate surface area is 147 Å². The van der Waals surface area contributed by atoms with Crippen LogP contribution in [0.4, 0.5) is 5.69 Å². The van der Waals surface area contributed by atoms with E-state index in [1.807, 2.05) is 0 Å². The largest absolute Gasteiger partial charge is 0.490 e. The van der Waals surface area contributed by atoms with Crippen LogP contribution in [0.1, 0.15) is 45.1 Å². The van der Waals surface area contributed by atoms with E-state index >= 15 is 0 Å². The fourth-order valence-electron chi connectivity index (χ4n) is 3.10. The van der Waals surface area contributed by atoms with Gasteiger partial charge in [-0.1, -0.05) is 51.0 Å². The molecule has 0 aliphatic heterocycles. The van der Waals surface area contributed by atoms with Crippen molar-refractivity contribution in [2.75, 3.05) is 19.0 Å². The van der Waals surface area contributed by atoms with Gasteiger partial charge in [0.2, 0.25) is 0 Å². The number of rotatable bonds is 8. The minimum atomic E-state index is 0.338. The van der Waals surface area contributed by atoms with E-state index in [2.05, 4.69) is 82.2 Å². The van der Waals surface area contributed by atoms with Gasteiger partial charge in [0.15, 0.2) is 0 Å². The molecule has 2 nitrogen and oxygen atoms in total. The highest BCUT2D eigenvalue weighted by Gasteiger charge is 2.09. The summed E-state index contributed by atoms with van der Waals surface area (Å²) in [6.07, 6.45) is 4.92. The molecule has 2 heteroatoms. The highest BCUT2D eigenvalue weighted by molar-refractivity contribution is 5.70. The fraction of sp³-hybridized carbons (Fsp3) is 0.455. The Kier molecular flexibility index (Phi) is 6.72. The summed E-state index contributed by atoms with van der Waals surface area (Å²) in [7, 11) is 4.18. The molecule has 0 aromatic heterocycles. The molecule has 0 spiro atoms. The minimum absolute atomic E-state index is 0.338. The number of benzene rings is 2. The lowest BCUT2D eigenvalue weighted by molar-refractivity contribution is 0.179. The van der Waals surface area contributed by atoms with E-state index in [1.165, 1.54) is 35.2 Å². The number of nitrogens with zero attached hydrogens (tertiary/aromatic N) is 1. The topological polar surface area (TPSA) is 12.5 Å². The average molecular weight is 325 g/mol. The molecule has 0 saturated carbocycles. The summed E-state index contributed by atoms with van der Waals surface area (Å²) in [5, 5.41) is 0. The van der Waals surface area contributed by atoms with Crippen LogP contribution in [0.5, 0.6) is 5.75 Å².